The van der Waals surface area contributed by atoms with Crippen LogP contribution in [0.15, 0.2) is 48.5 Å². The van der Waals surface area contributed by atoms with E-state index in [-0.39, 0.29) is 23.9 Å². The maximum Gasteiger partial charge on any atom is 0.247 e. The molecule has 2 aliphatic rings. The fourth-order valence-corrected chi connectivity index (χ4v) is 3.26. The highest BCUT2D eigenvalue weighted by molar-refractivity contribution is 6.03. The van der Waals surface area contributed by atoms with Gasteiger partial charge in [-0.15, -0.1) is 0 Å². The lowest BCUT2D eigenvalue weighted by molar-refractivity contribution is -0.118. The van der Waals surface area contributed by atoms with Crippen molar-refractivity contribution >= 4 is 34.6 Å². The first-order chi connectivity index (χ1) is 13.4. The van der Waals surface area contributed by atoms with Gasteiger partial charge in [0.15, 0.2) is 0 Å². The van der Waals surface area contributed by atoms with E-state index < -0.39 is 0 Å². The second-order valence-electron chi connectivity index (χ2n) is 7.80. The summed E-state index contributed by atoms with van der Waals surface area (Å²) in [7, 11) is 0. The Labute approximate surface area is 166 Å². The number of rotatable bonds is 2. The number of hydrogen-bond acceptors (Lipinski definition) is 4. The highest BCUT2D eigenvalue weighted by Crippen LogP contribution is 2.28. The Bertz CT molecular complexity index is 792. The van der Waals surface area contributed by atoms with Crippen molar-refractivity contribution in [1.29, 1.82) is 0 Å². The molecule has 148 valence electrons. The van der Waals surface area contributed by atoms with Gasteiger partial charge >= 0.3 is 0 Å². The fraction of sp³-hybridized carbons (Fsp3) is 0.364. The molecule has 2 aromatic rings. The van der Waals surface area contributed by atoms with Crippen molar-refractivity contribution in [1.82, 2.24) is 0 Å². The molecule has 0 aromatic heterocycles. The number of hydrogen-bond donors (Lipinski definition) is 4. The zero-order valence-electron chi connectivity index (χ0n) is 16.7. The third-order valence-corrected chi connectivity index (χ3v) is 4.89. The normalized spacial score (nSPS) is 19.9. The number of nitrogens with one attached hydrogen (secondary N) is 4. The summed E-state index contributed by atoms with van der Waals surface area (Å²) in [4.78, 5) is 23.2. The first kappa shape index (κ1) is 19.7. The van der Waals surface area contributed by atoms with Gasteiger partial charge in [0.2, 0.25) is 11.8 Å². The Morgan fingerprint density at radius 2 is 0.929 bits per heavy atom. The molecule has 0 radical (unpaired) electrons. The maximum atomic E-state index is 11.6. The second-order valence-corrected chi connectivity index (χ2v) is 7.80. The Balaban J connectivity index is 0.000000161. The second kappa shape index (κ2) is 8.33. The minimum Gasteiger partial charge on any atom is -0.372 e. The molecule has 2 aliphatic heterocycles. The largest absolute Gasteiger partial charge is 0.372 e. The first-order valence-corrected chi connectivity index (χ1v) is 9.69. The lowest BCUT2D eigenvalue weighted by atomic mass is 10.0. The standard InChI is InChI=1S/2C11H14N2O/c2*1-7(2)10-11(14)13-9-6-4-3-5-8(9)12-10/h2*3-7,10,12H,1-2H3,(H,13,14)/t10-;/m1./s1. The van der Waals surface area contributed by atoms with E-state index in [4.69, 9.17) is 0 Å². The maximum absolute atomic E-state index is 11.6. The number of para-hydroxylation sites is 4. The molecule has 2 amide bonds. The topological polar surface area (TPSA) is 82.3 Å². The van der Waals surface area contributed by atoms with Crippen molar-refractivity contribution in [3.63, 3.8) is 0 Å². The molecular weight excluding hydrogens is 352 g/mol. The molecule has 6 heteroatoms. The van der Waals surface area contributed by atoms with Crippen LogP contribution in [0, 0.1) is 11.8 Å². The molecule has 0 saturated carbocycles. The van der Waals surface area contributed by atoms with E-state index in [1.807, 2.05) is 76.2 Å². The summed E-state index contributed by atoms with van der Waals surface area (Å²) in [6.07, 6.45) is 0. The van der Waals surface area contributed by atoms with E-state index in [0.29, 0.717) is 11.8 Å². The van der Waals surface area contributed by atoms with Crippen LogP contribution in [-0.4, -0.2) is 23.9 Å². The molecule has 0 fully saturated rings. The summed E-state index contributed by atoms with van der Waals surface area (Å²) in [6.45, 7) is 8.13. The van der Waals surface area contributed by atoms with E-state index in [9.17, 15) is 9.59 Å². The number of carbonyl (C=O) groups is 2. The van der Waals surface area contributed by atoms with Gasteiger partial charge in [-0.1, -0.05) is 52.0 Å². The number of benzene rings is 2. The summed E-state index contributed by atoms with van der Waals surface area (Å²) in [5.41, 5.74) is 3.75. The fourth-order valence-electron chi connectivity index (χ4n) is 3.26. The van der Waals surface area contributed by atoms with Gasteiger partial charge in [0.25, 0.3) is 0 Å². The minimum absolute atomic E-state index is 0.0544. The van der Waals surface area contributed by atoms with Crippen molar-refractivity contribution in [2.75, 3.05) is 21.3 Å². The third-order valence-electron chi connectivity index (χ3n) is 4.89. The molecular formula is C22H28N4O2. The molecule has 0 spiro atoms. The van der Waals surface area contributed by atoms with E-state index in [0.717, 1.165) is 22.7 Å². The van der Waals surface area contributed by atoms with Crippen LogP contribution in [0.4, 0.5) is 22.7 Å². The molecule has 0 saturated heterocycles. The molecule has 2 heterocycles. The number of amides is 2. The van der Waals surface area contributed by atoms with Crippen LogP contribution in [0.3, 0.4) is 0 Å². The van der Waals surface area contributed by atoms with Gasteiger partial charge in [0.05, 0.1) is 22.7 Å². The van der Waals surface area contributed by atoms with E-state index >= 15 is 0 Å². The average molecular weight is 380 g/mol. The predicted molar refractivity (Wildman–Crippen MR) is 115 cm³/mol. The van der Waals surface area contributed by atoms with Gasteiger partial charge in [-0.25, -0.2) is 0 Å². The van der Waals surface area contributed by atoms with E-state index in [2.05, 4.69) is 21.3 Å². The molecule has 28 heavy (non-hydrogen) atoms. The minimum atomic E-state index is -0.120. The van der Waals surface area contributed by atoms with Crippen LogP contribution in [-0.2, 0) is 9.59 Å². The summed E-state index contributed by atoms with van der Waals surface area (Å²) >= 11 is 0. The molecule has 0 aliphatic carbocycles. The van der Waals surface area contributed by atoms with Gasteiger partial charge in [0.1, 0.15) is 12.1 Å². The SMILES string of the molecule is CC(C)C1Nc2ccccc2NC1=O.CC(C)[C@H]1Nc2ccccc2NC1=O. The number of anilines is 4. The van der Waals surface area contributed by atoms with E-state index in [1.165, 1.54) is 0 Å². The molecule has 4 rings (SSSR count). The predicted octanol–water partition coefficient (Wildman–Crippen LogP) is 4.15. The van der Waals surface area contributed by atoms with E-state index in [1.54, 1.807) is 0 Å². The van der Waals surface area contributed by atoms with Crippen LogP contribution in [0.2, 0.25) is 0 Å². The lowest BCUT2D eigenvalue weighted by Crippen LogP contribution is -2.42. The van der Waals surface area contributed by atoms with Gasteiger partial charge in [-0.05, 0) is 36.1 Å². The molecule has 4 N–H and O–H groups in total. The summed E-state index contributed by atoms with van der Waals surface area (Å²) < 4.78 is 0. The number of fused-ring (bicyclic) bond motifs is 2. The van der Waals surface area contributed by atoms with Gasteiger partial charge < -0.3 is 21.3 Å². The van der Waals surface area contributed by atoms with Crippen LogP contribution in [0.25, 0.3) is 0 Å². The monoisotopic (exact) mass is 380 g/mol. The summed E-state index contributed by atoms with van der Waals surface area (Å²) in [6, 6.07) is 15.3. The Kier molecular flexibility index (Phi) is 5.87. The highest BCUT2D eigenvalue weighted by Gasteiger charge is 2.28. The Hall–Kier alpha value is -3.02. The molecule has 6 nitrogen and oxygen atoms in total. The third kappa shape index (κ3) is 4.27. The summed E-state index contributed by atoms with van der Waals surface area (Å²) in [5.74, 6) is 0.698. The van der Waals surface area contributed by atoms with Gasteiger partial charge in [-0.2, -0.15) is 0 Å². The van der Waals surface area contributed by atoms with Crippen molar-refractivity contribution < 1.29 is 9.59 Å². The zero-order valence-corrected chi connectivity index (χ0v) is 16.7. The van der Waals surface area contributed by atoms with Crippen LogP contribution < -0.4 is 21.3 Å². The zero-order chi connectivity index (χ0) is 20.3. The smallest absolute Gasteiger partial charge is 0.247 e. The molecule has 2 aromatic carbocycles. The van der Waals surface area contributed by atoms with Crippen molar-refractivity contribution in [2.24, 2.45) is 11.8 Å². The Morgan fingerprint density at radius 3 is 1.25 bits per heavy atom. The van der Waals surface area contributed by atoms with Crippen molar-refractivity contribution in [3.8, 4) is 0 Å². The first-order valence-electron chi connectivity index (χ1n) is 9.69. The quantitative estimate of drug-likeness (QED) is 0.631. The number of carbonyl (C=O) groups excluding carboxylic acids is 2. The van der Waals surface area contributed by atoms with Crippen molar-refractivity contribution in [2.45, 2.75) is 39.8 Å². The van der Waals surface area contributed by atoms with Gasteiger partial charge in [-0.3, -0.25) is 9.59 Å². The summed E-state index contributed by atoms with van der Waals surface area (Å²) in [5, 5.41) is 12.2. The van der Waals surface area contributed by atoms with Crippen LogP contribution in [0.5, 0.6) is 0 Å². The average Bonchev–Trinajstić information content (AvgIpc) is 2.67. The van der Waals surface area contributed by atoms with Crippen molar-refractivity contribution in [3.05, 3.63) is 48.5 Å². The van der Waals surface area contributed by atoms with Gasteiger partial charge in [0, 0.05) is 0 Å². The lowest BCUT2D eigenvalue weighted by Gasteiger charge is -2.29. The Morgan fingerprint density at radius 1 is 0.607 bits per heavy atom. The molecule has 0 bridgehead atoms. The van der Waals surface area contributed by atoms with Crippen LogP contribution >= 0.6 is 0 Å². The molecule has 2 atom stereocenters. The molecule has 1 unspecified atom stereocenters. The van der Waals surface area contributed by atoms with Crippen LogP contribution in [0.1, 0.15) is 27.7 Å². The highest BCUT2D eigenvalue weighted by atomic mass is 16.2.